The average molecular weight is 381 g/mol. The number of carbonyl (C=O) groups is 1. The van der Waals surface area contributed by atoms with Gasteiger partial charge in [-0.3, -0.25) is 9.48 Å². The Kier molecular flexibility index (Phi) is 6.37. The van der Waals surface area contributed by atoms with Gasteiger partial charge in [-0.05, 0) is 12.8 Å². The van der Waals surface area contributed by atoms with Crippen LogP contribution in [-0.2, 0) is 11.8 Å². The first-order chi connectivity index (χ1) is 11.4. The molecule has 2 fully saturated rings. The van der Waals surface area contributed by atoms with E-state index in [9.17, 15) is 18.0 Å². The molecule has 1 saturated carbocycles. The third-order valence-electron chi connectivity index (χ3n) is 5.14. The van der Waals surface area contributed by atoms with Crippen LogP contribution in [0.15, 0.2) is 6.07 Å². The summed E-state index contributed by atoms with van der Waals surface area (Å²) in [7, 11) is 1.70. The van der Waals surface area contributed by atoms with E-state index in [4.69, 9.17) is 0 Å². The first-order valence-electron chi connectivity index (χ1n) is 8.48. The lowest BCUT2D eigenvalue weighted by Crippen LogP contribution is -2.37. The van der Waals surface area contributed by atoms with Crippen molar-refractivity contribution in [2.45, 2.75) is 44.2 Å². The monoisotopic (exact) mass is 380 g/mol. The zero-order chi connectivity index (χ0) is 17.3. The third kappa shape index (κ3) is 4.47. The van der Waals surface area contributed by atoms with Crippen LogP contribution in [0.25, 0.3) is 0 Å². The van der Waals surface area contributed by atoms with Gasteiger partial charge in [0, 0.05) is 32.1 Å². The molecule has 9 heteroatoms. The van der Waals surface area contributed by atoms with Gasteiger partial charge in [0.05, 0.1) is 17.5 Å². The SMILES string of the molecule is Cl.Cn1nc(C2CCCCC2)cc1NC(=O)[C@@H]1CNC[C@H]1C(F)(F)F. The lowest BCUT2D eigenvalue weighted by Gasteiger charge is -2.20. The number of aryl methyl sites for hydroxylation is 1. The van der Waals surface area contributed by atoms with E-state index in [1.807, 2.05) is 0 Å². The minimum atomic E-state index is -4.37. The summed E-state index contributed by atoms with van der Waals surface area (Å²) < 4.78 is 40.5. The topological polar surface area (TPSA) is 59.0 Å². The number of amides is 1. The molecule has 2 N–H and O–H groups in total. The van der Waals surface area contributed by atoms with E-state index in [-0.39, 0.29) is 25.5 Å². The van der Waals surface area contributed by atoms with Gasteiger partial charge in [-0.1, -0.05) is 19.3 Å². The van der Waals surface area contributed by atoms with Crippen LogP contribution in [0, 0.1) is 11.8 Å². The molecule has 0 radical (unpaired) electrons. The van der Waals surface area contributed by atoms with Crippen LogP contribution < -0.4 is 10.6 Å². The molecule has 5 nitrogen and oxygen atoms in total. The fourth-order valence-electron chi connectivity index (χ4n) is 3.72. The highest BCUT2D eigenvalue weighted by molar-refractivity contribution is 5.92. The lowest BCUT2D eigenvalue weighted by molar-refractivity contribution is -0.181. The van der Waals surface area contributed by atoms with Crippen LogP contribution >= 0.6 is 12.4 Å². The van der Waals surface area contributed by atoms with Crippen molar-refractivity contribution < 1.29 is 18.0 Å². The van der Waals surface area contributed by atoms with Crippen molar-refractivity contribution >= 4 is 24.1 Å². The summed E-state index contributed by atoms with van der Waals surface area (Å²) in [6, 6.07) is 1.80. The number of rotatable bonds is 3. The summed E-state index contributed by atoms with van der Waals surface area (Å²) in [5.74, 6) is -2.48. The Bertz CT molecular complexity index is 599. The highest BCUT2D eigenvalue weighted by Crippen LogP contribution is 2.36. The number of hydrogen-bond donors (Lipinski definition) is 2. The molecular weight excluding hydrogens is 357 g/mol. The molecule has 0 unspecified atom stereocenters. The molecule has 2 aliphatic rings. The molecule has 1 amide bonds. The first kappa shape index (κ1) is 20.0. The number of hydrogen-bond acceptors (Lipinski definition) is 3. The summed E-state index contributed by atoms with van der Waals surface area (Å²) >= 11 is 0. The first-order valence-corrected chi connectivity index (χ1v) is 8.48. The van der Waals surface area contributed by atoms with Gasteiger partial charge in [-0.15, -0.1) is 12.4 Å². The smallest absolute Gasteiger partial charge is 0.315 e. The van der Waals surface area contributed by atoms with Crippen molar-refractivity contribution in [2.24, 2.45) is 18.9 Å². The second-order valence-electron chi connectivity index (χ2n) is 6.82. The highest BCUT2D eigenvalue weighted by Gasteiger charge is 2.49. The summed E-state index contributed by atoms with van der Waals surface area (Å²) in [4.78, 5) is 12.3. The molecule has 0 aromatic carbocycles. The summed E-state index contributed by atoms with van der Waals surface area (Å²) in [6.45, 7) is -0.163. The third-order valence-corrected chi connectivity index (χ3v) is 5.14. The standard InChI is InChI=1S/C16H23F3N4O.ClH/c1-23-14(7-13(22-23)10-5-3-2-4-6-10)21-15(24)11-8-20-9-12(11)16(17,18)19;/h7,10-12,20H,2-6,8-9H2,1H3,(H,21,24);1H/t11-,12-;/m1./s1. The number of nitrogens with zero attached hydrogens (tertiary/aromatic N) is 2. The molecule has 2 heterocycles. The van der Waals surface area contributed by atoms with Crippen LogP contribution in [0.2, 0.25) is 0 Å². The number of halogens is 4. The van der Waals surface area contributed by atoms with E-state index in [2.05, 4.69) is 15.7 Å². The molecule has 1 aromatic rings. The van der Waals surface area contributed by atoms with Crippen LogP contribution in [-0.4, -0.2) is 35.0 Å². The average Bonchev–Trinajstić information content (AvgIpc) is 3.15. The molecule has 1 saturated heterocycles. The Morgan fingerprint density at radius 1 is 1.28 bits per heavy atom. The Balaban J connectivity index is 0.00000225. The second-order valence-corrected chi connectivity index (χ2v) is 6.82. The minimum absolute atomic E-state index is 0. The molecule has 1 aromatic heterocycles. The van der Waals surface area contributed by atoms with Crippen molar-refractivity contribution in [3.63, 3.8) is 0 Å². The molecule has 0 spiro atoms. The van der Waals surface area contributed by atoms with Crippen molar-refractivity contribution in [2.75, 3.05) is 18.4 Å². The Morgan fingerprint density at radius 2 is 1.96 bits per heavy atom. The van der Waals surface area contributed by atoms with E-state index in [1.165, 1.54) is 19.3 Å². The van der Waals surface area contributed by atoms with Gasteiger partial charge in [0.1, 0.15) is 5.82 Å². The van der Waals surface area contributed by atoms with E-state index in [0.29, 0.717) is 11.7 Å². The van der Waals surface area contributed by atoms with E-state index < -0.39 is 23.9 Å². The van der Waals surface area contributed by atoms with Crippen LogP contribution in [0.5, 0.6) is 0 Å². The molecule has 142 valence electrons. The molecular formula is C16H24ClF3N4O. The molecule has 2 atom stereocenters. The van der Waals surface area contributed by atoms with Gasteiger partial charge in [0.25, 0.3) is 0 Å². The van der Waals surface area contributed by atoms with Gasteiger partial charge < -0.3 is 10.6 Å². The molecule has 1 aliphatic heterocycles. The largest absolute Gasteiger partial charge is 0.393 e. The Morgan fingerprint density at radius 3 is 2.60 bits per heavy atom. The van der Waals surface area contributed by atoms with E-state index in [0.717, 1.165) is 18.5 Å². The highest BCUT2D eigenvalue weighted by atomic mass is 35.5. The van der Waals surface area contributed by atoms with Crippen LogP contribution in [0.1, 0.15) is 43.7 Å². The van der Waals surface area contributed by atoms with Gasteiger partial charge >= 0.3 is 6.18 Å². The Hall–Kier alpha value is -1.28. The van der Waals surface area contributed by atoms with E-state index >= 15 is 0 Å². The van der Waals surface area contributed by atoms with Crippen molar-refractivity contribution in [1.82, 2.24) is 15.1 Å². The van der Waals surface area contributed by atoms with Gasteiger partial charge in [-0.2, -0.15) is 18.3 Å². The minimum Gasteiger partial charge on any atom is -0.315 e. The van der Waals surface area contributed by atoms with Gasteiger partial charge in [0.15, 0.2) is 0 Å². The molecule has 3 rings (SSSR count). The van der Waals surface area contributed by atoms with Crippen molar-refractivity contribution in [3.05, 3.63) is 11.8 Å². The van der Waals surface area contributed by atoms with E-state index in [1.54, 1.807) is 17.8 Å². The maximum atomic E-state index is 13.0. The quantitative estimate of drug-likeness (QED) is 0.846. The van der Waals surface area contributed by atoms with Crippen molar-refractivity contribution in [3.8, 4) is 0 Å². The summed E-state index contributed by atoms with van der Waals surface area (Å²) in [6.07, 6.45) is 1.36. The Labute approximate surface area is 151 Å². The van der Waals surface area contributed by atoms with Crippen LogP contribution in [0.3, 0.4) is 0 Å². The van der Waals surface area contributed by atoms with Crippen LogP contribution in [0.4, 0.5) is 19.0 Å². The summed E-state index contributed by atoms with van der Waals surface area (Å²) in [5.41, 5.74) is 0.921. The molecule has 25 heavy (non-hydrogen) atoms. The fraction of sp³-hybridized carbons (Fsp3) is 0.750. The van der Waals surface area contributed by atoms with Gasteiger partial charge in [0.2, 0.25) is 5.91 Å². The van der Waals surface area contributed by atoms with Crippen molar-refractivity contribution in [1.29, 1.82) is 0 Å². The molecule has 1 aliphatic carbocycles. The zero-order valence-electron chi connectivity index (χ0n) is 14.1. The normalized spacial score (nSPS) is 24.8. The number of alkyl halides is 3. The fourth-order valence-corrected chi connectivity index (χ4v) is 3.72. The van der Waals surface area contributed by atoms with Gasteiger partial charge in [-0.25, -0.2) is 0 Å². The second kappa shape index (κ2) is 7.95. The number of nitrogens with one attached hydrogen (secondary N) is 2. The summed E-state index contributed by atoms with van der Waals surface area (Å²) in [5, 5.41) is 9.75. The lowest BCUT2D eigenvalue weighted by atomic mass is 9.87. The predicted octanol–water partition coefficient (Wildman–Crippen LogP) is 3.23. The maximum Gasteiger partial charge on any atom is 0.393 e. The predicted molar refractivity (Wildman–Crippen MR) is 90.8 cm³/mol. The number of anilines is 1. The maximum absolute atomic E-state index is 13.0. The molecule has 0 bridgehead atoms. The zero-order valence-corrected chi connectivity index (χ0v) is 14.9. The number of aromatic nitrogens is 2. The number of carbonyl (C=O) groups excluding carboxylic acids is 1.